The SMILES string of the molecule is CC(C)C[C@H](NC(=O)[C@H](CO)NC(=O)[C@H](CCC(=O)O)NC(=O)[C@H](CC(N)=O)NC(=O)[C@H](CC(C)C)NC(=O)[C@H](CC(N)=O)NC(=O)[C@H](CCCCN)NC(=O)[C@H](C)NC(=O)[C@@H](NC(=O)[C@@H](N)CCC(=O)O)C(C)C)C(=O)O. The molecule has 0 unspecified atom stereocenters. The zero-order chi connectivity index (χ0) is 60.1. The minimum absolute atomic E-state index is 0.0306. The zero-order valence-corrected chi connectivity index (χ0v) is 45.0. The first kappa shape index (κ1) is 70.5. The maximum absolute atomic E-state index is 14.0. The van der Waals surface area contributed by atoms with Gasteiger partial charge >= 0.3 is 17.9 Å². The van der Waals surface area contributed by atoms with Gasteiger partial charge in [0.1, 0.15) is 54.4 Å². The van der Waals surface area contributed by atoms with E-state index in [1.54, 1.807) is 41.5 Å². The van der Waals surface area contributed by atoms with E-state index >= 15 is 0 Å². The second kappa shape index (κ2) is 35.7. The van der Waals surface area contributed by atoms with Crippen LogP contribution in [0.3, 0.4) is 0 Å². The first-order valence-electron chi connectivity index (χ1n) is 25.3. The Morgan fingerprint density at radius 3 is 1.24 bits per heavy atom. The van der Waals surface area contributed by atoms with E-state index in [1.807, 2.05) is 0 Å². The molecule has 0 radical (unpaired) electrons. The molecule has 0 saturated heterocycles. The van der Waals surface area contributed by atoms with Gasteiger partial charge < -0.3 is 91.2 Å². The summed E-state index contributed by atoms with van der Waals surface area (Å²) in [4.78, 5) is 180. The Bertz CT molecular complexity index is 2130. The van der Waals surface area contributed by atoms with Gasteiger partial charge in [0, 0.05) is 12.8 Å². The van der Waals surface area contributed by atoms with Crippen LogP contribution in [0.5, 0.6) is 0 Å². The monoisotopic (exact) mass is 1120 g/mol. The van der Waals surface area contributed by atoms with Crippen LogP contribution in [0.1, 0.15) is 119 Å². The highest BCUT2D eigenvalue weighted by atomic mass is 16.4. The van der Waals surface area contributed by atoms with Gasteiger partial charge in [0.25, 0.3) is 0 Å². The number of nitrogens with two attached hydrogens (primary N) is 4. The van der Waals surface area contributed by atoms with E-state index < -0.39 is 194 Å². The largest absolute Gasteiger partial charge is 0.481 e. The van der Waals surface area contributed by atoms with Crippen molar-refractivity contribution in [2.24, 2.45) is 40.7 Å². The molecule has 10 atom stereocenters. The van der Waals surface area contributed by atoms with Gasteiger partial charge in [-0.2, -0.15) is 0 Å². The maximum atomic E-state index is 14.0. The van der Waals surface area contributed by atoms with Gasteiger partial charge in [0.2, 0.25) is 65.0 Å². The molecule has 0 aromatic heterocycles. The third kappa shape index (κ3) is 28.0. The van der Waals surface area contributed by atoms with Crippen LogP contribution in [0, 0.1) is 17.8 Å². The molecule has 0 aliphatic carbocycles. The highest BCUT2D eigenvalue weighted by Crippen LogP contribution is 2.11. The van der Waals surface area contributed by atoms with Crippen LogP contribution < -0.4 is 70.8 Å². The number of aliphatic carboxylic acids is 3. The van der Waals surface area contributed by atoms with Gasteiger partial charge in [-0.1, -0.05) is 41.5 Å². The lowest BCUT2D eigenvalue weighted by Crippen LogP contribution is -2.61. The molecule has 11 amide bonds. The molecule has 21 N–H and O–H groups in total. The fraction of sp³-hybridized carbons (Fsp3) is 0.702. The number of unbranched alkanes of at least 4 members (excludes halogenated alkanes) is 1. The lowest BCUT2D eigenvalue weighted by atomic mass is 10.0. The molecule has 31 nitrogen and oxygen atoms in total. The number of hydrogen-bond donors (Lipinski definition) is 17. The number of carbonyl (C=O) groups excluding carboxylic acids is 11. The zero-order valence-electron chi connectivity index (χ0n) is 45.0. The molecule has 0 rings (SSSR count). The van der Waals surface area contributed by atoms with Crippen LogP contribution in [0.25, 0.3) is 0 Å². The van der Waals surface area contributed by atoms with E-state index in [4.69, 9.17) is 28.0 Å². The van der Waals surface area contributed by atoms with E-state index in [0.29, 0.717) is 6.42 Å². The molecule has 0 bridgehead atoms. The summed E-state index contributed by atoms with van der Waals surface area (Å²) in [7, 11) is 0. The Balaban J connectivity index is 6.59. The number of amides is 11. The second-order valence-corrected chi connectivity index (χ2v) is 19.8. The highest BCUT2D eigenvalue weighted by molar-refractivity contribution is 6.00. The molecule has 0 aliphatic rings. The Morgan fingerprint density at radius 2 is 0.808 bits per heavy atom. The molecule has 0 spiro atoms. The van der Waals surface area contributed by atoms with Gasteiger partial charge in [-0.25, -0.2) is 4.79 Å². The molecule has 0 heterocycles. The number of aliphatic hydroxyl groups excluding tert-OH is 1. The third-order valence-electron chi connectivity index (χ3n) is 11.4. The number of aliphatic hydroxyl groups is 1. The van der Waals surface area contributed by atoms with Crippen LogP contribution in [0.15, 0.2) is 0 Å². The van der Waals surface area contributed by atoms with Crippen LogP contribution in [-0.4, -0.2) is 177 Å². The van der Waals surface area contributed by atoms with Crippen molar-refractivity contribution in [3.8, 4) is 0 Å². The van der Waals surface area contributed by atoms with Gasteiger partial charge in [-0.3, -0.25) is 62.3 Å². The molecule has 31 heteroatoms. The second-order valence-electron chi connectivity index (χ2n) is 19.8. The van der Waals surface area contributed by atoms with E-state index in [-0.39, 0.29) is 44.6 Å². The Morgan fingerprint density at radius 1 is 0.423 bits per heavy atom. The quantitative estimate of drug-likeness (QED) is 0.0255. The summed E-state index contributed by atoms with van der Waals surface area (Å²) in [5.74, 6) is -17.1. The van der Waals surface area contributed by atoms with Crippen molar-refractivity contribution in [1.29, 1.82) is 0 Å². The molecular formula is C47H81N13O18. The van der Waals surface area contributed by atoms with Crippen molar-refractivity contribution in [3.63, 3.8) is 0 Å². The number of nitrogens with one attached hydrogen (secondary N) is 9. The minimum Gasteiger partial charge on any atom is -0.481 e. The molecule has 0 aromatic rings. The fourth-order valence-corrected chi connectivity index (χ4v) is 7.21. The number of carbonyl (C=O) groups is 14. The van der Waals surface area contributed by atoms with Crippen molar-refractivity contribution in [1.82, 2.24) is 47.9 Å². The molecule has 0 aromatic carbocycles. The number of primary amides is 2. The van der Waals surface area contributed by atoms with Gasteiger partial charge in [0.05, 0.1) is 25.5 Å². The first-order valence-corrected chi connectivity index (χ1v) is 25.3. The smallest absolute Gasteiger partial charge is 0.326 e. The van der Waals surface area contributed by atoms with E-state index in [2.05, 4.69) is 47.9 Å². The van der Waals surface area contributed by atoms with Gasteiger partial charge in [-0.15, -0.1) is 0 Å². The third-order valence-corrected chi connectivity index (χ3v) is 11.4. The van der Waals surface area contributed by atoms with Crippen LogP contribution >= 0.6 is 0 Å². The lowest BCUT2D eigenvalue weighted by Gasteiger charge is -2.28. The lowest BCUT2D eigenvalue weighted by molar-refractivity contribution is -0.143. The highest BCUT2D eigenvalue weighted by Gasteiger charge is 2.36. The standard InChI is InChI=1S/C47H81N13O18/c1-21(2)16-28(42(72)57-29(18-33(50)62)43(73)54-27(12-14-36(66)67)41(71)59-32(20-61)45(75)58-31(47(77)78)17-22(3)4)55-44(74)30(19-34(51)63)56-40(70)26(10-8-9-15-48)53-38(68)24(7)52-46(76)37(23(5)6)60-39(69)25(49)11-13-35(64)65/h21-32,37,61H,8-20,48-49H2,1-7H3,(H2,50,62)(H2,51,63)(H,52,76)(H,53,68)(H,54,73)(H,55,74)(H,56,70)(H,57,72)(H,58,75)(H,59,71)(H,60,69)(H,64,65)(H,66,67)(H,77,78)/t24-,25-,26-,27-,28-,29-,30-,31-,32-,37-/m0/s1. The number of hydrogen-bond acceptors (Lipinski definition) is 17. The van der Waals surface area contributed by atoms with Crippen molar-refractivity contribution < 1.29 is 87.5 Å². The summed E-state index contributed by atoms with van der Waals surface area (Å²) < 4.78 is 0. The predicted octanol–water partition coefficient (Wildman–Crippen LogP) is -5.87. The summed E-state index contributed by atoms with van der Waals surface area (Å²) in [6, 6.07) is -15.7. The van der Waals surface area contributed by atoms with E-state index in [1.165, 1.54) is 6.92 Å². The predicted molar refractivity (Wildman–Crippen MR) is 274 cm³/mol. The van der Waals surface area contributed by atoms with E-state index in [0.717, 1.165) is 0 Å². The average molecular weight is 1120 g/mol. The van der Waals surface area contributed by atoms with E-state index in [9.17, 15) is 82.4 Å². The Labute approximate surface area is 450 Å². The summed E-state index contributed by atoms with van der Waals surface area (Å²) in [5, 5.41) is 58.6. The van der Waals surface area contributed by atoms with Gasteiger partial charge in [-0.05, 0) is 76.2 Å². The van der Waals surface area contributed by atoms with Crippen LogP contribution in [0.2, 0.25) is 0 Å². The molecular weight excluding hydrogens is 1030 g/mol. The number of carboxylic acids is 3. The number of rotatable bonds is 39. The van der Waals surface area contributed by atoms with Gasteiger partial charge in [0.15, 0.2) is 0 Å². The summed E-state index contributed by atoms with van der Waals surface area (Å²) in [6.07, 6.45) is -3.59. The summed E-state index contributed by atoms with van der Waals surface area (Å²) >= 11 is 0. The molecule has 442 valence electrons. The topological polar surface area (TPSA) is 532 Å². The van der Waals surface area contributed by atoms with Crippen molar-refractivity contribution in [2.75, 3.05) is 13.2 Å². The Hall–Kier alpha value is -7.54. The van der Waals surface area contributed by atoms with Crippen LogP contribution in [0.4, 0.5) is 0 Å². The van der Waals surface area contributed by atoms with Crippen LogP contribution in [-0.2, 0) is 67.1 Å². The van der Waals surface area contributed by atoms with Crippen molar-refractivity contribution in [3.05, 3.63) is 0 Å². The summed E-state index contributed by atoms with van der Waals surface area (Å²) in [5.41, 5.74) is 22.3. The molecule has 0 aliphatic heterocycles. The fourth-order valence-electron chi connectivity index (χ4n) is 7.21. The van der Waals surface area contributed by atoms with Crippen molar-refractivity contribution in [2.45, 2.75) is 180 Å². The summed E-state index contributed by atoms with van der Waals surface area (Å²) in [6.45, 7) is 10.1. The molecule has 0 fully saturated rings. The normalized spacial score (nSPS) is 15.0. The Kier molecular flexibility index (Phi) is 32.3. The number of carboxylic acid groups (broad SMARTS) is 3. The average Bonchev–Trinajstić information content (AvgIpc) is 3.32. The minimum atomic E-state index is -1.93. The maximum Gasteiger partial charge on any atom is 0.326 e. The molecule has 78 heavy (non-hydrogen) atoms. The molecule has 0 saturated carbocycles. The first-order chi connectivity index (χ1) is 36.2. The van der Waals surface area contributed by atoms with Crippen molar-refractivity contribution >= 4 is 82.9 Å².